The summed E-state index contributed by atoms with van der Waals surface area (Å²) in [5.74, 6) is -2.23. The van der Waals surface area contributed by atoms with Gasteiger partial charge in [0.1, 0.15) is 0 Å². The molecule has 16 heavy (non-hydrogen) atoms. The van der Waals surface area contributed by atoms with E-state index in [2.05, 4.69) is 9.47 Å². The molecule has 0 bridgehead atoms. The maximum Gasteiger partial charge on any atom is 0.305 e. The van der Waals surface area contributed by atoms with E-state index in [0.29, 0.717) is 0 Å². The summed E-state index contributed by atoms with van der Waals surface area (Å²) in [4.78, 5) is 32.4. The maximum atomic E-state index is 11.0. The Morgan fingerprint density at radius 2 is 1.50 bits per heavy atom. The third-order valence-corrected chi connectivity index (χ3v) is 2.13. The first-order valence-electron chi connectivity index (χ1n) is 4.85. The van der Waals surface area contributed by atoms with Gasteiger partial charge in [-0.25, -0.2) is 0 Å². The molecule has 6 nitrogen and oxygen atoms in total. The molecule has 0 spiro atoms. The van der Waals surface area contributed by atoms with Gasteiger partial charge in [0, 0.05) is 19.3 Å². The third kappa shape index (κ3) is 6.80. The normalized spacial score (nSPS) is 9.94. The average molecular weight is 232 g/mol. The van der Waals surface area contributed by atoms with Crippen LogP contribution in [0.15, 0.2) is 0 Å². The molecule has 0 radical (unpaired) electrons. The number of rotatable bonds is 7. The molecule has 0 aliphatic carbocycles. The van der Waals surface area contributed by atoms with Crippen molar-refractivity contribution in [2.24, 2.45) is 5.92 Å². The fraction of sp³-hybridized carbons (Fsp3) is 0.700. The van der Waals surface area contributed by atoms with Gasteiger partial charge in [-0.15, -0.1) is 0 Å². The van der Waals surface area contributed by atoms with E-state index in [9.17, 15) is 14.4 Å². The molecule has 0 aromatic heterocycles. The lowest BCUT2D eigenvalue weighted by Gasteiger charge is -2.12. The number of carbonyl (C=O) groups is 3. The average Bonchev–Trinajstić information content (AvgIpc) is 2.25. The topological polar surface area (TPSA) is 89.9 Å². The number of esters is 2. The van der Waals surface area contributed by atoms with Crippen LogP contribution in [-0.4, -0.2) is 37.2 Å². The zero-order chi connectivity index (χ0) is 12.6. The zero-order valence-corrected chi connectivity index (χ0v) is 9.39. The molecule has 0 saturated heterocycles. The molecule has 0 unspecified atom stereocenters. The van der Waals surface area contributed by atoms with Gasteiger partial charge in [-0.05, 0) is 12.3 Å². The van der Waals surface area contributed by atoms with E-state index in [0.717, 1.165) is 0 Å². The number of hydrogen-bond donors (Lipinski definition) is 1. The highest BCUT2D eigenvalue weighted by Gasteiger charge is 2.19. The standard InChI is InChI=1S/C10H16O6/c1-15-9(13)5-7(3-4-8(11)12)6-10(14)16-2/h7H,3-6H2,1-2H3,(H,11,12). The molecular weight excluding hydrogens is 216 g/mol. The number of ether oxygens (including phenoxy) is 2. The Kier molecular flexibility index (Phi) is 6.91. The van der Waals surface area contributed by atoms with Crippen LogP contribution in [0.4, 0.5) is 0 Å². The summed E-state index contributed by atoms with van der Waals surface area (Å²) >= 11 is 0. The lowest BCUT2D eigenvalue weighted by atomic mass is 9.96. The van der Waals surface area contributed by atoms with E-state index < -0.39 is 17.9 Å². The molecule has 0 amide bonds. The van der Waals surface area contributed by atoms with Crippen LogP contribution < -0.4 is 0 Å². The summed E-state index contributed by atoms with van der Waals surface area (Å²) in [5, 5.41) is 8.51. The fourth-order valence-electron chi connectivity index (χ4n) is 1.24. The van der Waals surface area contributed by atoms with Gasteiger partial charge in [-0.2, -0.15) is 0 Å². The van der Waals surface area contributed by atoms with Gasteiger partial charge in [-0.1, -0.05) is 0 Å². The maximum absolute atomic E-state index is 11.0. The predicted molar refractivity (Wildman–Crippen MR) is 53.6 cm³/mol. The van der Waals surface area contributed by atoms with Gasteiger partial charge in [0.25, 0.3) is 0 Å². The summed E-state index contributed by atoms with van der Waals surface area (Å²) < 4.78 is 8.93. The molecule has 0 rings (SSSR count). The van der Waals surface area contributed by atoms with Crippen LogP contribution in [0, 0.1) is 5.92 Å². The van der Waals surface area contributed by atoms with Crippen LogP contribution in [0.1, 0.15) is 25.7 Å². The molecule has 6 heteroatoms. The van der Waals surface area contributed by atoms with E-state index in [-0.39, 0.29) is 31.6 Å². The van der Waals surface area contributed by atoms with Crippen molar-refractivity contribution in [1.82, 2.24) is 0 Å². The van der Waals surface area contributed by atoms with Crippen molar-refractivity contribution in [1.29, 1.82) is 0 Å². The molecule has 0 aromatic carbocycles. The lowest BCUT2D eigenvalue weighted by Crippen LogP contribution is -2.16. The molecule has 0 atom stereocenters. The third-order valence-electron chi connectivity index (χ3n) is 2.13. The second-order valence-electron chi connectivity index (χ2n) is 3.36. The lowest BCUT2D eigenvalue weighted by molar-refractivity contribution is -0.146. The van der Waals surface area contributed by atoms with Gasteiger partial charge in [-0.3, -0.25) is 14.4 Å². The minimum absolute atomic E-state index is 0.0267. The Balaban J connectivity index is 4.20. The number of aliphatic carboxylic acids is 1. The summed E-state index contributed by atoms with van der Waals surface area (Å²) in [5.41, 5.74) is 0. The number of methoxy groups -OCH3 is 2. The van der Waals surface area contributed by atoms with Gasteiger partial charge in [0.15, 0.2) is 0 Å². The quantitative estimate of drug-likeness (QED) is 0.646. The van der Waals surface area contributed by atoms with Gasteiger partial charge in [0.2, 0.25) is 0 Å². The Labute approximate surface area is 93.5 Å². The first-order chi connectivity index (χ1) is 7.49. The number of carbonyl (C=O) groups excluding carboxylic acids is 2. The summed E-state index contributed by atoms with van der Waals surface area (Å²) in [6, 6.07) is 0. The van der Waals surface area contributed by atoms with E-state index in [1.54, 1.807) is 0 Å². The first-order valence-corrected chi connectivity index (χ1v) is 4.85. The van der Waals surface area contributed by atoms with Crippen molar-refractivity contribution < 1.29 is 29.0 Å². The molecule has 0 fully saturated rings. The molecule has 92 valence electrons. The van der Waals surface area contributed by atoms with E-state index in [4.69, 9.17) is 5.11 Å². The molecule has 0 aliphatic rings. The van der Waals surface area contributed by atoms with Gasteiger partial charge in [0.05, 0.1) is 14.2 Å². The summed E-state index contributed by atoms with van der Waals surface area (Å²) in [6.45, 7) is 0. The molecule has 1 N–H and O–H groups in total. The molecule has 0 aliphatic heterocycles. The largest absolute Gasteiger partial charge is 0.481 e. The molecule has 0 saturated carbocycles. The monoisotopic (exact) mass is 232 g/mol. The number of hydrogen-bond acceptors (Lipinski definition) is 5. The van der Waals surface area contributed by atoms with E-state index in [1.807, 2.05) is 0 Å². The summed E-state index contributed by atoms with van der Waals surface area (Å²) in [7, 11) is 2.49. The van der Waals surface area contributed by atoms with Crippen LogP contribution in [0.3, 0.4) is 0 Å². The Morgan fingerprint density at radius 1 is 1.06 bits per heavy atom. The van der Waals surface area contributed by atoms with Crippen LogP contribution in [0.25, 0.3) is 0 Å². The number of carboxylic acids is 1. The van der Waals surface area contributed by atoms with Crippen LogP contribution in [0.5, 0.6) is 0 Å². The second-order valence-corrected chi connectivity index (χ2v) is 3.36. The van der Waals surface area contributed by atoms with E-state index >= 15 is 0 Å². The van der Waals surface area contributed by atoms with Crippen molar-refractivity contribution in [2.45, 2.75) is 25.7 Å². The zero-order valence-electron chi connectivity index (χ0n) is 9.39. The van der Waals surface area contributed by atoms with Crippen LogP contribution in [0.2, 0.25) is 0 Å². The SMILES string of the molecule is COC(=O)CC(CCC(=O)O)CC(=O)OC. The highest BCUT2D eigenvalue weighted by molar-refractivity contribution is 5.73. The first kappa shape index (κ1) is 14.4. The van der Waals surface area contributed by atoms with E-state index in [1.165, 1.54) is 14.2 Å². The predicted octanol–water partition coefficient (Wildman–Crippen LogP) is 0.594. The molecular formula is C10H16O6. The van der Waals surface area contributed by atoms with Gasteiger partial charge < -0.3 is 14.6 Å². The minimum atomic E-state index is -0.959. The van der Waals surface area contributed by atoms with Gasteiger partial charge >= 0.3 is 17.9 Å². The minimum Gasteiger partial charge on any atom is -0.481 e. The second kappa shape index (κ2) is 7.67. The van der Waals surface area contributed by atoms with Crippen LogP contribution in [-0.2, 0) is 23.9 Å². The smallest absolute Gasteiger partial charge is 0.305 e. The van der Waals surface area contributed by atoms with Crippen molar-refractivity contribution in [2.75, 3.05) is 14.2 Å². The Morgan fingerprint density at radius 3 is 1.81 bits per heavy atom. The van der Waals surface area contributed by atoms with Crippen molar-refractivity contribution >= 4 is 17.9 Å². The fourth-order valence-corrected chi connectivity index (χ4v) is 1.24. The van der Waals surface area contributed by atoms with Crippen LogP contribution >= 0.6 is 0 Å². The molecule has 0 heterocycles. The number of carboxylic acid groups (broad SMARTS) is 1. The Hall–Kier alpha value is -1.59. The van der Waals surface area contributed by atoms with Crippen molar-refractivity contribution in [3.63, 3.8) is 0 Å². The van der Waals surface area contributed by atoms with Crippen molar-refractivity contribution in [3.05, 3.63) is 0 Å². The van der Waals surface area contributed by atoms with Crippen molar-refractivity contribution in [3.8, 4) is 0 Å². The summed E-state index contributed by atoms with van der Waals surface area (Å²) in [6.07, 6.45) is 0.218. The Bertz CT molecular complexity index is 242. The highest BCUT2D eigenvalue weighted by atomic mass is 16.5. The molecule has 0 aromatic rings. The highest BCUT2D eigenvalue weighted by Crippen LogP contribution is 2.17.